The zero-order valence-electron chi connectivity index (χ0n) is 25.5. The lowest BCUT2D eigenvalue weighted by Gasteiger charge is -2.14. The minimum Gasteiger partial charge on any atom is -0.479 e. The van der Waals surface area contributed by atoms with E-state index in [1.807, 2.05) is 0 Å². The van der Waals surface area contributed by atoms with Gasteiger partial charge < -0.3 is 14.7 Å². The van der Waals surface area contributed by atoms with Gasteiger partial charge in [-0.2, -0.15) is 9.61 Å². The highest BCUT2D eigenvalue weighted by atomic mass is 19.1. The Balaban J connectivity index is 0.000000224. The molecular formula is C31H25F2N7O8. The summed E-state index contributed by atoms with van der Waals surface area (Å²) >= 11 is 0. The largest absolute Gasteiger partial charge is 0.479 e. The highest BCUT2D eigenvalue weighted by molar-refractivity contribution is 6.20. The molecule has 1 atom stereocenters. The van der Waals surface area contributed by atoms with Gasteiger partial charge in [0.15, 0.2) is 18.1 Å². The van der Waals surface area contributed by atoms with Crippen molar-refractivity contribution < 1.29 is 47.5 Å². The topological polar surface area (TPSA) is 188 Å². The van der Waals surface area contributed by atoms with Crippen molar-refractivity contribution in [1.82, 2.24) is 29.9 Å². The first-order valence-electron chi connectivity index (χ1n) is 14.0. The van der Waals surface area contributed by atoms with E-state index in [9.17, 15) is 23.6 Å². The number of aliphatic carboxylic acids is 1. The maximum Gasteiger partial charge on any atom is 0.344 e. The third kappa shape index (κ3) is 6.66. The zero-order valence-corrected chi connectivity index (χ0v) is 25.5. The minimum atomic E-state index is -1.16. The second-order valence-corrected chi connectivity index (χ2v) is 10.1. The summed E-state index contributed by atoms with van der Waals surface area (Å²) in [5.41, 5.74) is 1.61. The van der Waals surface area contributed by atoms with Crippen molar-refractivity contribution in [3.63, 3.8) is 0 Å². The van der Waals surface area contributed by atoms with E-state index >= 15 is 4.39 Å². The molecular weight excluding hydrogens is 636 g/mol. The van der Waals surface area contributed by atoms with Gasteiger partial charge in [-0.1, -0.05) is 24.2 Å². The molecule has 1 aliphatic heterocycles. The summed E-state index contributed by atoms with van der Waals surface area (Å²) in [7, 11) is 1.19. The summed E-state index contributed by atoms with van der Waals surface area (Å²) in [6.07, 6.45) is 1.46. The Morgan fingerprint density at radius 2 is 1.71 bits per heavy atom. The molecule has 17 heteroatoms. The quantitative estimate of drug-likeness (QED) is 0.105. The molecule has 6 rings (SSSR count). The van der Waals surface area contributed by atoms with E-state index in [2.05, 4.69) is 30.2 Å². The molecule has 246 valence electrons. The first-order valence-corrected chi connectivity index (χ1v) is 14.0. The van der Waals surface area contributed by atoms with Gasteiger partial charge in [-0.05, 0) is 43.3 Å². The Bertz CT molecular complexity index is 2070. The number of nitrogens with zero attached hydrogens (tertiary/aromatic N) is 7. The van der Waals surface area contributed by atoms with Crippen LogP contribution in [0.4, 0.5) is 8.78 Å². The number of fused-ring (bicyclic) bond motifs is 3. The molecule has 0 spiro atoms. The third-order valence-electron chi connectivity index (χ3n) is 7.00. The Hall–Kier alpha value is -6.23. The average molecular weight is 662 g/mol. The second-order valence-electron chi connectivity index (χ2n) is 10.1. The normalized spacial score (nSPS) is 13.3. The lowest BCUT2D eigenvalue weighted by molar-refractivity contribution is -0.158. The number of amides is 2. The van der Waals surface area contributed by atoms with Crippen molar-refractivity contribution in [3.05, 3.63) is 101 Å². The van der Waals surface area contributed by atoms with Gasteiger partial charge in [0.05, 0.1) is 23.8 Å². The number of esters is 1. The third-order valence-corrected chi connectivity index (χ3v) is 7.00. The van der Waals surface area contributed by atoms with Crippen LogP contribution in [0.25, 0.3) is 16.6 Å². The Labute approximate surface area is 269 Å². The number of hydroxylamine groups is 2. The van der Waals surface area contributed by atoms with Gasteiger partial charge in [0.2, 0.25) is 6.61 Å². The molecule has 15 nitrogen and oxygen atoms in total. The van der Waals surface area contributed by atoms with E-state index in [0.29, 0.717) is 22.1 Å². The van der Waals surface area contributed by atoms with Crippen molar-refractivity contribution >= 4 is 46.0 Å². The predicted octanol–water partition coefficient (Wildman–Crippen LogP) is 3.31. The van der Waals surface area contributed by atoms with E-state index in [4.69, 9.17) is 14.8 Å². The first kappa shape index (κ1) is 33.1. The number of rotatable bonds is 9. The number of aromatic nitrogens is 5. The highest BCUT2D eigenvalue weighted by Crippen LogP contribution is 2.32. The van der Waals surface area contributed by atoms with Crippen molar-refractivity contribution in [1.29, 1.82) is 0 Å². The molecule has 1 unspecified atom stereocenters. The maximum absolute atomic E-state index is 15.1. The predicted molar refractivity (Wildman–Crippen MR) is 161 cm³/mol. The molecule has 2 amide bonds. The van der Waals surface area contributed by atoms with Gasteiger partial charge in [0.25, 0.3) is 11.8 Å². The van der Waals surface area contributed by atoms with Gasteiger partial charge in [-0.15, -0.1) is 15.3 Å². The van der Waals surface area contributed by atoms with Crippen molar-refractivity contribution in [2.24, 2.45) is 5.16 Å². The smallest absolute Gasteiger partial charge is 0.344 e. The van der Waals surface area contributed by atoms with Crippen LogP contribution in [0.3, 0.4) is 0 Å². The van der Waals surface area contributed by atoms with Crippen molar-refractivity contribution in [2.75, 3.05) is 20.3 Å². The number of carboxylic acids is 1. The number of halogens is 2. The summed E-state index contributed by atoms with van der Waals surface area (Å²) in [5, 5.41) is 25.6. The summed E-state index contributed by atoms with van der Waals surface area (Å²) < 4.78 is 35.6. The first-order chi connectivity index (χ1) is 23.0. The standard InChI is InChI=1S/C20H16F2N6O3.C11H9NO5/c1-10(18-13(21)8-15-12(19(18)22)4-3-7-23-15)20-25-24-16-6-5-14(26-28(16)20)11(2)27-31-9-17(29)30;1-16-9(13)6-17-12-10(14)7-4-2-3-5-8(7)11(12)15/h3-8,10H,9H2,1-2H3,(H,29,30);2-5H,6H2,1H3/b27-11+;. The van der Waals surface area contributed by atoms with Crippen LogP contribution in [0, 0.1) is 11.6 Å². The average Bonchev–Trinajstić information content (AvgIpc) is 3.61. The van der Waals surface area contributed by atoms with Crippen LogP contribution >= 0.6 is 0 Å². The Kier molecular flexibility index (Phi) is 9.69. The van der Waals surface area contributed by atoms with Crippen molar-refractivity contribution in [3.8, 4) is 0 Å². The lowest BCUT2D eigenvalue weighted by Crippen LogP contribution is -2.32. The number of oxime groups is 1. The fourth-order valence-electron chi connectivity index (χ4n) is 4.65. The number of imide groups is 1. The van der Waals surface area contributed by atoms with Crippen molar-refractivity contribution in [2.45, 2.75) is 19.8 Å². The number of hydrogen-bond donors (Lipinski definition) is 1. The molecule has 0 fully saturated rings. The van der Waals surface area contributed by atoms with E-state index in [1.165, 1.54) is 42.1 Å². The molecule has 0 radical (unpaired) electrons. The van der Waals surface area contributed by atoms with Crippen LogP contribution in [-0.2, 0) is 24.0 Å². The van der Waals surface area contributed by atoms with E-state index in [0.717, 1.165) is 0 Å². The maximum atomic E-state index is 15.1. The SMILES string of the molecule is C/C(=N\OCC(=O)O)c1ccc2nnc(C(C)c3c(F)cc4ncccc4c3F)n2n1.COC(=O)CON1C(=O)c2ccccc2C1=O. The number of carbonyl (C=O) groups is 4. The fourth-order valence-corrected chi connectivity index (χ4v) is 4.65. The molecule has 4 heterocycles. The van der Waals surface area contributed by atoms with Crippen LogP contribution in [0.1, 0.15) is 57.6 Å². The molecule has 0 saturated heterocycles. The van der Waals surface area contributed by atoms with E-state index < -0.39 is 54.5 Å². The van der Waals surface area contributed by atoms with Gasteiger partial charge in [-0.25, -0.2) is 18.4 Å². The molecule has 5 aromatic rings. The summed E-state index contributed by atoms with van der Waals surface area (Å²) in [4.78, 5) is 58.4. The van der Waals surface area contributed by atoms with Gasteiger partial charge in [0.1, 0.15) is 23.0 Å². The molecule has 0 saturated carbocycles. The summed E-state index contributed by atoms with van der Waals surface area (Å²) in [5.74, 6) is -5.04. The second kappa shape index (κ2) is 14.0. The molecule has 48 heavy (non-hydrogen) atoms. The van der Waals surface area contributed by atoms with Crippen LogP contribution in [0.5, 0.6) is 0 Å². The molecule has 1 N–H and O–H groups in total. The number of methoxy groups -OCH3 is 1. The number of carbonyl (C=O) groups excluding carboxylic acids is 3. The molecule has 2 aromatic carbocycles. The number of benzene rings is 2. The minimum absolute atomic E-state index is 0.169. The summed E-state index contributed by atoms with van der Waals surface area (Å²) in [6, 6.07) is 13.8. The molecule has 1 aliphatic rings. The van der Waals surface area contributed by atoms with Crippen LogP contribution in [0.2, 0.25) is 0 Å². The fraction of sp³-hybridized carbons (Fsp3) is 0.194. The Morgan fingerprint density at radius 1 is 1.00 bits per heavy atom. The number of hydrogen-bond acceptors (Lipinski definition) is 12. The molecule has 0 aliphatic carbocycles. The van der Waals surface area contributed by atoms with Gasteiger partial charge in [-0.3, -0.25) is 19.4 Å². The zero-order chi connectivity index (χ0) is 34.5. The Morgan fingerprint density at radius 3 is 2.38 bits per heavy atom. The number of pyridine rings is 1. The lowest BCUT2D eigenvalue weighted by atomic mass is 9.97. The molecule has 3 aromatic heterocycles. The highest BCUT2D eigenvalue weighted by Gasteiger charge is 2.37. The summed E-state index contributed by atoms with van der Waals surface area (Å²) in [6.45, 7) is 2.11. The van der Waals surface area contributed by atoms with E-state index in [1.54, 1.807) is 44.2 Å². The van der Waals surface area contributed by atoms with Crippen LogP contribution in [0.15, 0.2) is 65.9 Å². The van der Waals surface area contributed by atoms with Gasteiger partial charge >= 0.3 is 11.9 Å². The number of carboxylic acid groups (broad SMARTS) is 1. The van der Waals surface area contributed by atoms with Gasteiger partial charge in [0, 0.05) is 29.1 Å². The van der Waals surface area contributed by atoms with Crippen LogP contribution < -0.4 is 0 Å². The van der Waals surface area contributed by atoms with E-state index in [-0.39, 0.29) is 33.4 Å². The number of ether oxygens (including phenoxy) is 1. The molecule has 0 bridgehead atoms. The monoisotopic (exact) mass is 661 g/mol. The van der Waals surface area contributed by atoms with Crippen LogP contribution in [-0.4, -0.2) is 84.8 Å².